The molecule has 0 atom stereocenters. The summed E-state index contributed by atoms with van der Waals surface area (Å²) in [6.45, 7) is 5.18. The Balaban J connectivity index is 1.68. The van der Waals surface area contributed by atoms with Gasteiger partial charge in [0.25, 0.3) is 0 Å². The van der Waals surface area contributed by atoms with Gasteiger partial charge in [-0.2, -0.15) is 5.10 Å². The van der Waals surface area contributed by atoms with Crippen molar-refractivity contribution in [2.75, 3.05) is 0 Å². The number of nitrogens with zero attached hydrogens (tertiary/aromatic N) is 2. The van der Waals surface area contributed by atoms with Gasteiger partial charge in [0.1, 0.15) is 0 Å². The smallest absolute Gasteiger partial charge is 0.0703 e. The third-order valence-electron chi connectivity index (χ3n) is 5.99. The largest absolute Gasteiger partial charge is 0.389 e. The average Bonchev–Trinajstić information content (AvgIpc) is 3.10. The van der Waals surface area contributed by atoms with Crippen LogP contribution in [0.15, 0.2) is 6.07 Å². The summed E-state index contributed by atoms with van der Waals surface area (Å²) in [4.78, 5) is 0. The highest BCUT2D eigenvalue weighted by atomic mass is 16.3. The molecule has 0 aromatic carbocycles. The Bertz CT molecular complexity index is 475. The van der Waals surface area contributed by atoms with E-state index in [1.165, 1.54) is 44.2 Å². The second kappa shape index (κ2) is 5.75. The Morgan fingerprint density at radius 1 is 1.10 bits per heavy atom. The summed E-state index contributed by atoms with van der Waals surface area (Å²) in [6, 6.07) is 2.20. The van der Waals surface area contributed by atoms with Crippen molar-refractivity contribution >= 4 is 0 Å². The Kier molecular flexibility index (Phi) is 4.13. The van der Waals surface area contributed by atoms with Gasteiger partial charge < -0.3 is 5.11 Å². The first-order valence-corrected chi connectivity index (χ1v) is 8.86. The zero-order chi connectivity index (χ0) is 14.9. The molecule has 1 spiro atoms. The minimum atomic E-state index is -0.494. The van der Waals surface area contributed by atoms with Crippen molar-refractivity contribution in [1.29, 1.82) is 0 Å². The van der Waals surface area contributed by atoms with Crippen LogP contribution in [0, 0.1) is 5.41 Å². The summed E-state index contributed by atoms with van der Waals surface area (Å²) in [5.74, 6) is 0. The lowest BCUT2D eigenvalue weighted by Gasteiger charge is -2.42. The van der Waals surface area contributed by atoms with Crippen molar-refractivity contribution < 1.29 is 5.11 Å². The van der Waals surface area contributed by atoms with Crippen molar-refractivity contribution in [3.8, 4) is 0 Å². The molecule has 0 amide bonds. The Morgan fingerprint density at radius 2 is 1.76 bits per heavy atom. The van der Waals surface area contributed by atoms with Crippen LogP contribution in [0.25, 0.3) is 0 Å². The second-order valence-electron chi connectivity index (χ2n) is 7.40. The van der Waals surface area contributed by atoms with E-state index in [9.17, 15) is 5.11 Å². The van der Waals surface area contributed by atoms with Crippen molar-refractivity contribution in [3.05, 3.63) is 17.5 Å². The molecule has 21 heavy (non-hydrogen) atoms. The van der Waals surface area contributed by atoms with Gasteiger partial charge in [-0.15, -0.1) is 0 Å². The number of aliphatic hydroxyl groups is 1. The molecule has 3 rings (SSSR count). The maximum atomic E-state index is 11.0. The normalized spacial score (nSPS) is 23.8. The third-order valence-corrected chi connectivity index (χ3v) is 5.99. The molecule has 1 aromatic rings. The number of aromatic nitrogens is 2. The zero-order valence-corrected chi connectivity index (χ0v) is 13.7. The van der Waals surface area contributed by atoms with Gasteiger partial charge in [0.15, 0.2) is 0 Å². The van der Waals surface area contributed by atoms with E-state index in [0.29, 0.717) is 5.41 Å². The van der Waals surface area contributed by atoms with Gasteiger partial charge in [0, 0.05) is 18.7 Å². The predicted octanol–water partition coefficient (Wildman–Crippen LogP) is 3.87. The van der Waals surface area contributed by atoms with Crippen molar-refractivity contribution in [2.24, 2.45) is 5.41 Å². The maximum Gasteiger partial charge on any atom is 0.0703 e. The minimum Gasteiger partial charge on any atom is -0.389 e. The first-order valence-electron chi connectivity index (χ1n) is 8.86. The number of aryl methyl sites for hydroxylation is 2. The molecule has 0 bridgehead atoms. The highest BCUT2D eigenvalue weighted by molar-refractivity contribution is 5.14. The monoisotopic (exact) mass is 290 g/mol. The second-order valence-corrected chi connectivity index (χ2v) is 7.40. The van der Waals surface area contributed by atoms with E-state index in [1.54, 1.807) is 0 Å². The average molecular weight is 290 g/mol. The molecule has 0 saturated heterocycles. The van der Waals surface area contributed by atoms with Gasteiger partial charge >= 0.3 is 0 Å². The van der Waals surface area contributed by atoms with Crippen molar-refractivity contribution in [3.63, 3.8) is 0 Å². The standard InChI is InChI=1S/C18H30N2O/c1-3-15-13-16(20(4-2)19-15)14-18(21)11-9-17(10-12-18)7-5-6-8-17/h13,21H,3-12,14H2,1-2H3. The summed E-state index contributed by atoms with van der Waals surface area (Å²) in [5, 5.41) is 15.6. The molecule has 0 unspecified atom stereocenters. The molecular weight excluding hydrogens is 260 g/mol. The Labute approximate surface area is 128 Å². The molecule has 2 fully saturated rings. The van der Waals surface area contributed by atoms with Crippen LogP contribution in [0.2, 0.25) is 0 Å². The molecule has 3 nitrogen and oxygen atoms in total. The van der Waals surface area contributed by atoms with Crippen LogP contribution in [-0.4, -0.2) is 20.5 Å². The maximum absolute atomic E-state index is 11.0. The third kappa shape index (κ3) is 3.03. The van der Waals surface area contributed by atoms with Crippen LogP contribution in [0.3, 0.4) is 0 Å². The number of hydrogen-bond donors (Lipinski definition) is 1. The van der Waals surface area contributed by atoms with Crippen LogP contribution >= 0.6 is 0 Å². The summed E-state index contributed by atoms with van der Waals surface area (Å²) < 4.78 is 2.08. The van der Waals surface area contributed by atoms with E-state index in [0.717, 1.165) is 37.9 Å². The Morgan fingerprint density at radius 3 is 2.33 bits per heavy atom. The molecule has 2 aliphatic rings. The van der Waals surface area contributed by atoms with Crippen molar-refractivity contribution in [1.82, 2.24) is 9.78 Å². The van der Waals surface area contributed by atoms with E-state index < -0.39 is 5.60 Å². The SMILES string of the molecule is CCc1cc(CC2(O)CCC3(CCCC3)CC2)n(CC)n1. The van der Waals surface area contributed by atoms with E-state index in [-0.39, 0.29) is 0 Å². The van der Waals surface area contributed by atoms with Crippen LogP contribution in [0.5, 0.6) is 0 Å². The quantitative estimate of drug-likeness (QED) is 0.914. The lowest BCUT2D eigenvalue weighted by atomic mass is 9.66. The van der Waals surface area contributed by atoms with Crippen LogP contribution in [-0.2, 0) is 19.4 Å². The van der Waals surface area contributed by atoms with E-state index in [4.69, 9.17) is 0 Å². The molecule has 1 heterocycles. The van der Waals surface area contributed by atoms with E-state index >= 15 is 0 Å². The molecule has 3 heteroatoms. The predicted molar refractivity (Wildman–Crippen MR) is 85.3 cm³/mol. The van der Waals surface area contributed by atoms with Gasteiger partial charge in [-0.1, -0.05) is 19.8 Å². The summed E-state index contributed by atoms with van der Waals surface area (Å²) in [5.41, 5.74) is 2.47. The minimum absolute atomic E-state index is 0.494. The van der Waals surface area contributed by atoms with Gasteiger partial charge in [-0.3, -0.25) is 4.68 Å². The zero-order valence-electron chi connectivity index (χ0n) is 13.7. The molecule has 2 saturated carbocycles. The summed E-state index contributed by atoms with van der Waals surface area (Å²) in [6.07, 6.45) is 11.8. The van der Waals surface area contributed by atoms with Crippen molar-refractivity contribution in [2.45, 2.75) is 90.2 Å². The molecule has 1 aromatic heterocycles. The molecule has 118 valence electrons. The lowest BCUT2D eigenvalue weighted by Crippen LogP contribution is -2.40. The highest BCUT2D eigenvalue weighted by Gasteiger charge is 2.43. The number of hydrogen-bond acceptors (Lipinski definition) is 2. The Hall–Kier alpha value is -0.830. The van der Waals surface area contributed by atoms with Gasteiger partial charge in [-0.05, 0) is 63.4 Å². The molecule has 1 N–H and O–H groups in total. The first kappa shape index (κ1) is 15.1. The van der Waals surface area contributed by atoms with Crippen LogP contribution in [0.1, 0.15) is 76.6 Å². The van der Waals surface area contributed by atoms with Gasteiger partial charge in [-0.25, -0.2) is 0 Å². The topological polar surface area (TPSA) is 38.0 Å². The molecular formula is C18H30N2O. The van der Waals surface area contributed by atoms with Gasteiger partial charge in [0.05, 0.1) is 11.3 Å². The van der Waals surface area contributed by atoms with E-state index in [1.807, 2.05) is 0 Å². The fourth-order valence-electron chi connectivity index (χ4n) is 4.49. The fourth-order valence-corrected chi connectivity index (χ4v) is 4.49. The molecule has 0 aliphatic heterocycles. The molecule has 0 radical (unpaired) electrons. The van der Waals surface area contributed by atoms with E-state index in [2.05, 4.69) is 29.7 Å². The molecule has 2 aliphatic carbocycles. The lowest BCUT2D eigenvalue weighted by molar-refractivity contribution is -0.0335. The van der Waals surface area contributed by atoms with Crippen LogP contribution in [0.4, 0.5) is 0 Å². The number of rotatable bonds is 4. The highest BCUT2D eigenvalue weighted by Crippen LogP contribution is 2.51. The summed E-state index contributed by atoms with van der Waals surface area (Å²) in [7, 11) is 0. The first-order chi connectivity index (χ1) is 10.1. The van der Waals surface area contributed by atoms with Crippen LogP contribution < -0.4 is 0 Å². The van der Waals surface area contributed by atoms with Gasteiger partial charge in [0.2, 0.25) is 0 Å². The fraction of sp³-hybridized carbons (Fsp3) is 0.833. The summed E-state index contributed by atoms with van der Waals surface area (Å²) >= 11 is 0.